The molecule has 1 unspecified atom stereocenters. The Morgan fingerprint density at radius 1 is 1.26 bits per heavy atom. The van der Waals surface area contributed by atoms with E-state index in [-0.39, 0.29) is 13.1 Å². The van der Waals surface area contributed by atoms with E-state index in [9.17, 15) is 18.3 Å². The standard InChI is InChI=1S/C13H19F3N2O/c1-18(7-6-13(14,15)16)9-12(19)11-4-2-10(8-17)3-5-11/h2-5,12,19H,6-9,17H2,1H3. The molecule has 0 aliphatic carbocycles. The molecule has 0 bridgehead atoms. The predicted octanol–water partition coefficient (Wildman–Crippen LogP) is 2.06. The number of likely N-dealkylation sites (N-methyl/N-ethyl adjacent to an activating group) is 1. The van der Waals surface area contributed by atoms with Gasteiger partial charge in [0.1, 0.15) is 0 Å². The average molecular weight is 276 g/mol. The smallest absolute Gasteiger partial charge is 0.387 e. The number of halogens is 3. The molecule has 1 aromatic carbocycles. The Labute approximate surface area is 110 Å². The Bertz CT molecular complexity index is 378. The van der Waals surface area contributed by atoms with Crippen LogP contribution in [0.2, 0.25) is 0 Å². The highest BCUT2D eigenvalue weighted by Crippen LogP contribution is 2.20. The molecule has 19 heavy (non-hydrogen) atoms. The van der Waals surface area contributed by atoms with Crippen molar-refractivity contribution in [3.63, 3.8) is 0 Å². The van der Waals surface area contributed by atoms with Crippen LogP contribution in [-0.2, 0) is 6.54 Å². The number of alkyl halides is 3. The second kappa shape index (κ2) is 6.88. The highest BCUT2D eigenvalue weighted by molar-refractivity contribution is 5.24. The molecule has 0 heterocycles. The van der Waals surface area contributed by atoms with Gasteiger partial charge in [0.2, 0.25) is 0 Å². The number of nitrogens with two attached hydrogens (primary N) is 1. The van der Waals surface area contributed by atoms with Gasteiger partial charge < -0.3 is 15.7 Å². The molecular formula is C13H19F3N2O. The topological polar surface area (TPSA) is 49.5 Å². The Balaban J connectivity index is 2.46. The first-order chi connectivity index (χ1) is 8.81. The molecule has 1 aromatic rings. The lowest BCUT2D eigenvalue weighted by Gasteiger charge is -2.21. The van der Waals surface area contributed by atoms with Crippen molar-refractivity contribution >= 4 is 0 Å². The summed E-state index contributed by atoms with van der Waals surface area (Å²) < 4.78 is 36.2. The maximum Gasteiger partial charge on any atom is 0.390 e. The highest BCUT2D eigenvalue weighted by atomic mass is 19.4. The molecule has 6 heteroatoms. The van der Waals surface area contributed by atoms with Gasteiger partial charge in [0, 0.05) is 19.6 Å². The summed E-state index contributed by atoms with van der Waals surface area (Å²) in [6, 6.07) is 7.08. The summed E-state index contributed by atoms with van der Waals surface area (Å²) in [5.41, 5.74) is 7.08. The number of rotatable bonds is 6. The van der Waals surface area contributed by atoms with Crippen molar-refractivity contribution in [2.24, 2.45) is 5.73 Å². The molecule has 3 N–H and O–H groups in total. The van der Waals surface area contributed by atoms with Crippen molar-refractivity contribution in [3.05, 3.63) is 35.4 Å². The summed E-state index contributed by atoms with van der Waals surface area (Å²) >= 11 is 0. The maximum atomic E-state index is 12.1. The highest BCUT2D eigenvalue weighted by Gasteiger charge is 2.27. The Morgan fingerprint density at radius 2 is 1.84 bits per heavy atom. The van der Waals surface area contributed by atoms with E-state index in [0.717, 1.165) is 5.56 Å². The zero-order valence-electron chi connectivity index (χ0n) is 10.8. The van der Waals surface area contributed by atoms with Gasteiger partial charge in [0.05, 0.1) is 12.5 Å². The molecule has 0 spiro atoms. The van der Waals surface area contributed by atoms with Crippen molar-refractivity contribution in [1.82, 2.24) is 4.90 Å². The molecule has 108 valence electrons. The minimum atomic E-state index is -4.16. The summed E-state index contributed by atoms with van der Waals surface area (Å²) in [7, 11) is 1.56. The van der Waals surface area contributed by atoms with E-state index in [1.165, 1.54) is 4.90 Å². The Morgan fingerprint density at radius 3 is 2.32 bits per heavy atom. The molecule has 0 aromatic heterocycles. The number of hydrogen-bond donors (Lipinski definition) is 2. The van der Waals surface area contributed by atoms with Crippen molar-refractivity contribution in [2.75, 3.05) is 20.1 Å². The van der Waals surface area contributed by atoms with Crippen LogP contribution >= 0.6 is 0 Å². The van der Waals surface area contributed by atoms with Gasteiger partial charge in [-0.25, -0.2) is 0 Å². The van der Waals surface area contributed by atoms with Crippen molar-refractivity contribution in [2.45, 2.75) is 25.2 Å². The van der Waals surface area contributed by atoms with Crippen LogP contribution in [-0.4, -0.2) is 36.3 Å². The Kier molecular flexibility index (Phi) is 5.78. The fourth-order valence-corrected chi connectivity index (χ4v) is 1.69. The van der Waals surface area contributed by atoms with Crippen LogP contribution in [0.3, 0.4) is 0 Å². The second-order valence-electron chi connectivity index (χ2n) is 4.59. The number of aliphatic hydroxyl groups is 1. The zero-order chi connectivity index (χ0) is 14.5. The van der Waals surface area contributed by atoms with Crippen molar-refractivity contribution in [3.8, 4) is 0 Å². The van der Waals surface area contributed by atoms with E-state index in [2.05, 4.69) is 0 Å². The third-order valence-corrected chi connectivity index (χ3v) is 2.86. The second-order valence-corrected chi connectivity index (χ2v) is 4.59. The molecule has 0 amide bonds. The van der Waals surface area contributed by atoms with Gasteiger partial charge in [-0.05, 0) is 18.2 Å². The van der Waals surface area contributed by atoms with Crippen LogP contribution in [0.1, 0.15) is 23.7 Å². The maximum absolute atomic E-state index is 12.1. The van der Waals surface area contributed by atoms with Gasteiger partial charge in [-0.1, -0.05) is 24.3 Å². The van der Waals surface area contributed by atoms with Crippen LogP contribution in [0.5, 0.6) is 0 Å². The van der Waals surface area contributed by atoms with Crippen molar-refractivity contribution < 1.29 is 18.3 Å². The SMILES string of the molecule is CN(CCC(F)(F)F)CC(O)c1ccc(CN)cc1. The van der Waals surface area contributed by atoms with Gasteiger partial charge in [-0.15, -0.1) is 0 Å². The minimum Gasteiger partial charge on any atom is -0.387 e. The van der Waals surface area contributed by atoms with E-state index in [0.29, 0.717) is 12.1 Å². The third-order valence-electron chi connectivity index (χ3n) is 2.86. The van der Waals surface area contributed by atoms with Crippen LogP contribution in [0.25, 0.3) is 0 Å². The number of benzene rings is 1. The van der Waals surface area contributed by atoms with E-state index in [1.54, 1.807) is 31.3 Å². The van der Waals surface area contributed by atoms with Crippen LogP contribution in [0, 0.1) is 0 Å². The zero-order valence-corrected chi connectivity index (χ0v) is 10.8. The first-order valence-corrected chi connectivity index (χ1v) is 6.04. The first kappa shape index (κ1) is 15.9. The lowest BCUT2D eigenvalue weighted by Crippen LogP contribution is -2.28. The normalized spacial score (nSPS) is 13.8. The fraction of sp³-hybridized carbons (Fsp3) is 0.538. The number of aliphatic hydroxyl groups excluding tert-OH is 1. The first-order valence-electron chi connectivity index (χ1n) is 6.04. The van der Waals surface area contributed by atoms with Gasteiger partial charge in [0.15, 0.2) is 0 Å². The fourth-order valence-electron chi connectivity index (χ4n) is 1.69. The molecule has 0 radical (unpaired) electrons. The van der Waals surface area contributed by atoms with Crippen molar-refractivity contribution in [1.29, 1.82) is 0 Å². The number of hydrogen-bond acceptors (Lipinski definition) is 3. The lowest BCUT2D eigenvalue weighted by molar-refractivity contribution is -0.137. The largest absolute Gasteiger partial charge is 0.390 e. The molecule has 3 nitrogen and oxygen atoms in total. The summed E-state index contributed by atoms with van der Waals surface area (Å²) in [5, 5.41) is 9.93. The Hall–Kier alpha value is -1.11. The molecule has 0 saturated heterocycles. The predicted molar refractivity (Wildman–Crippen MR) is 67.5 cm³/mol. The van der Waals surface area contributed by atoms with Gasteiger partial charge in [-0.3, -0.25) is 0 Å². The quantitative estimate of drug-likeness (QED) is 0.836. The van der Waals surface area contributed by atoms with Crippen LogP contribution < -0.4 is 5.73 Å². The third kappa shape index (κ3) is 6.04. The van der Waals surface area contributed by atoms with Gasteiger partial charge in [-0.2, -0.15) is 13.2 Å². The summed E-state index contributed by atoms with van der Waals surface area (Å²) in [5.74, 6) is 0. The number of nitrogens with zero attached hydrogens (tertiary/aromatic N) is 1. The average Bonchev–Trinajstić information content (AvgIpc) is 2.35. The lowest BCUT2D eigenvalue weighted by atomic mass is 10.1. The van der Waals surface area contributed by atoms with Crippen LogP contribution in [0.15, 0.2) is 24.3 Å². The summed E-state index contributed by atoms with van der Waals surface area (Å²) in [4.78, 5) is 1.47. The molecule has 0 fully saturated rings. The van der Waals surface area contributed by atoms with E-state index >= 15 is 0 Å². The molecular weight excluding hydrogens is 257 g/mol. The molecule has 1 atom stereocenters. The molecule has 1 rings (SSSR count). The monoisotopic (exact) mass is 276 g/mol. The summed E-state index contributed by atoms with van der Waals surface area (Å²) in [6.07, 6.45) is -5.84. The minimum absolute atomic E-state index is 0.124. The van der Waals surface area contributed by atoms with E-state index in [1.807, 2.05) is 0 Å². The van der Waals surface area contributed by atoms with Crippen LogP contribution in [0.4, 0.5) is 13.2 Å². The van der Waals surface area contributed by atoms with E-state index in [4.69, 9.17) is 5.73 Å². The molecule has 0 aliphatic rings. The molecule has 0 saturated carbocycles. The van der Waals surface area contributed by atoms with Gasteiger partial charge >= 0.3 is 6.18 Å². The van der Waals surface area contributed by atoms with Gasteiger partial charge in [0.25, 0.3) is 0 Å². The molecule has 0 aliphatic heterocycles. The summed E-state index contributed by atoms with van der Waals surface area (Å²) in [6.45, 7) is 0.460. The van der Waals surface area contributed by atoms with E-state index < -0.39 is 18.7 Å².